The maximum Gasteiger partial charge on any atom is 0.255 e. The molecular formula is C16H22N4OS. The summed E-state index contributed by atoms with van der Waals surface area (Å²) in [6.45, 7) is 6.52. The highest BCUT2D eigenvalue weighted by Gasteiger charge is 2.25. The smallest absolute Gasteiger partial charge is 0.255 e. The summed E-state index contributed by atoms with van der Waals surface area (Å²) < 4.78 is 1.76. The van der Waals surface area contributed by atoms with Crippen molar-refractivity contribution in [3.8, 4) is 0 Å². The van der Waals surface area contributed by atoms with Gasteiger partial charge in [0.25, 0.3) is 5.91 Å². The van der Waals surface area contributed by atoms with Crippen molar-refractivity contribution in [3.63, 3.8) is 0 Å². The third-order valence-corrected chi connectivity index (χ3v) is 5.47. The molecule has 0 unspecified atom stereocenters. The SMILES string of the molecule is Cc1nc2c(s1)CCC[C@@H]2CNC(=O)c1c(C)nn(C)c1C. The van der Waals surface area contributed by atoms with Gasteiger partial charge in [0.1, 0.15) is 0 Å². The fourth-order valence-electron chi connectivity index (χ4n) is 3.23. The van der Waals surface area contributed by atoms with Crippen molar-refractivity contribution in [3.05, 3.63) is 32.5 Å². The number of nitrogens with zero attached hydrogens (tertiary/aromatic N) is 3. The van der Waals surface area contributed by atoms with Crippen LogP contribution in [-0.2, 0) is 13.5 Å². The second-order valence-corrected chi connectivity index (χ2v) is 7.30. The monoisotopic (exact) mass is 318 g/mol. The quantitative estimate of drug-likeness (QED) is 0.946. The Kier molecular flexibility index (Phi) is 4.04. The molecule has 0 aliphatic heterocycles. The van der Waals surface area contributed by atoms with Gasteiger partial charge in [-0.2, -0.15) is 5.10 Å². The van der Waals surface area contributed by atoms with E-state index < -0.39 is 0 Å². The number of amides is 1. The van der Waals surface area contributed by atoms with Gasteiger partial charge in [0.2, 0.25) is 0 Å². The molecule has 6 heteroatoms. The van der Waals surface area contributed by atoms with Crippen LogP contribution in [0.4, 0.5) is 0 Å². The topological polar surface area (TPSA) is 59.8 Å². The minimum atomic E-state index is -0.0258. The van der Waals surface area contributed by atoms with Gasteiger partial charge in [0.15, 0.2) is 0 Å². The zero-order chi connectivity index (χ0) is 15.9. The van der Waals surface area contributed by atoms with Crippen LogP contribution in [0.1, 0.15) is 56.1 Å². The molecule has 0 saturated carbocycles. The van der Waals surface area contributed by atoms with Crippen LogP contribution < -0.4 is 5.32 Å². The van der Waals surface area contributed by atoms with Gasteiger partial charge in [0, 0.05) is 30.1 Å². The van der Waals surface area contributed by atoms with Crippen molar-refractivity contribution in [1.29, 1.82) is 0 Å². The Balaban J connectivity index is 1.72. The maximum atomic E-state index is 12.5. The first-order valence-electron chi connectivity index (χ1n) is 7.72. The highest BCUT2D eigenvalue weighted by molar-refractivity contribution is 7.11. The van der Waals surface area contributed by atoms with Gasteiger partial charge < -0.3 is 5.32 Å². The Morgan fingerprint density at radius 3 is 2.86 bits per heavy atom. The molecule has 5 nitrogen and oxygen atoms in total. The van der Waals surface area contributed by atoms with E-state index in [0.29, 0.717) is 18.0 Å². The molecule has 2 aromatic heterocycles. The highest BCUT2D eigenvalue weighted by Crippen LogP contribution is 2.34. The minimum absolute atomic E-state index is 0.0258. The summed E-state index contributed by atoms with van der Waals surface area (Å²) in [7, 11) is 1.87. The summed E-state index contributed by atoms with van der Waals surface area (Å²) in [5.41, 5.74) is 3.59. The van der Waals surface area contributed by atoms with E-state index in [0.717, 1.165) is 29.2 Å². The molecule has 0 fully saturated rings. The molecule has 1 aliphatic carbocycles. The van der Waals surface area contributed by atoms with E-state index in [4.69, 9.17) is 0 Å². The standard InChI is InChI=1S/C16H22N4OS/c1-9-14(10(2)20(4)19-9)16(21)17-8-12-6-5-7-13-15(12)18-11(3)22-13/h12H,5-8H2,1-4H3,(H,17,21)/t12-/m1/s1. The van der Waals surface area contributed by atoms with E-state index in [1.54, 1.807) is 16.0 Å². The summed E-state index contributed by atoms with van der Waals surface area (Å²) in [5, 5.41) is 8.52. The number of thiazole rings is 1. The van der Waals surface area contributed by atoms with Gasteiger partial charge in [-0.1, -0.05) is 0 Å². The fraction of sp³-hybridized carbons (Fsp3) is 0.562. The zero-order valence-electron chi connectivity index (χ0n) is 13.6. The van der Waals surface area contributed by atoms with Crippen LogP contribution in [0.3, 0.4) is 0 Å². The molecule has 118 valence electrons. The van der Waals surface area contributed by atoms with E-state index >= 15 is 0 Å². The third kappa shape index (κ3) is 2.67. The summed E-state index contributed by atoms with van der Waals surface area (Å²) in [6.07, 6.45) is 3.41. The van der Waals surface area contributed by atoms with Crippen LogP contribution in [-0.4, -0.2) is 27.2 Å². The average Bonchev–Trinajstić information content (AvgIpc) is 2.96. The lowest BCUT2D eigenvalue weighted by Gasteiger charge is -2.21. The molecule has 1 N–H and O–H groups in total. The number of aromatic nitrogens is 3. The first-order chi connectivity index (χ1) is 10.5. The summed E-state index contributed by atoms with van der Waals surface area (Å²) in [5.74, 6) is 0.317. The lowest BCUT2D eigenvalue weighted by Crippen LogP contribution is -2.30. The molecule has 3 rings (SSSR count). The van der Waals surface area contributed by atoms with Crippen LogP contribution in [0.2, 0.25) is 0 Å². The predicted molar refractivity (Wildman–Crippen MR) is 87.5 cm³/mol. The van der Waals surface area contributed by atoms with E-state index in [1.807, 2.05) is 20.9 Å². The molecule has 2 aromatic rings. The lowest BCUT2D eigenvalue weighted by atomic mass is 9.91. The summed E-state index contributed by atoms with van der Waals surface area (Å²) in [6, 6.07) is 0. The molecule has 0 spiro atoms. The zero-order valence-corrected chi connectivity index (χ0v) is 14.4. The lowest BCUT2D eigenvalue weighted by molar-refractivity contribution is 0.0949. The van der Waals surface area contributed by atoms with Crippen molar-refractivity contribution in [2.24, 2.45) is 7.05 Å². The molecule has 0 aromatic carbocycles. The number of fused-ring (bicyclic) bond motifs is 1. The highest BCUT2D eigenvalue weighted by atomic mass is 32.1. The average molecular weight is 318 g/mol. The van der Waals surface area contributed by atoms with Crippen molar-refractivity contribution >= 4 is 17.2 Å². The van der Waals surface area contributed by atoms with E-state index in [1.165, 1.54) is 17.0 Å². The Bertz CT molecular complexity index is 716. The first-order valence-corrected chi connectivity index (χ1v) is 8.53. The molecule has 1 aliphatic rings. The molecule has 1 atom stereocenters. The van der Waals surface area contributed by atoms with Gasteiger partial charge in [0.05, 0.1) is 22.0 Å². The Hall–Kier alpha value is -1.69. The van der Waals surface area contributed by atoms with E-state index in [9.17, 15) is 4.79 Å². The van der Waals surface area contributed by atoms with Gasteiger partial charge in [-0.15, -0.1) is 11.3 Å². The second kappa shape index (κ2) is 5.83. The van der Waals surface area contributed by atoms with Crippen LogP contribution in [0.15, 0.2) is 0 Å². The largest absolute Gasteiger partial charge is 0.351 e. The summed E-state index contributed by atoms with van der Waals surface area (Å²) in [4.78, 5) is 18.6. The Labute approximate surface area is 134 Å². The molecule has 0 bridgehead atoms. The van der Waals surface area contributed by atoms with Crippen LogP contribution >= 0.6 is 11.3 Å². The molecule has 22 heavy (non-hydrogen) atoms. The number of aryl methyl sites for hydroxylation is 4. The van der Waals surface area contributed by atoms with E-state index in [-0.39, 0.29) is 5.91 Å². The van der Waals surface area contributed by atoms with Crippen molar-refractivity contribution in [1.82, 2.24) is 20.1 Å². The van der Waals surface area contributed by atoms with Crippen LogP contribution in [0, 0.1) is 20.8 Å². The second-order valence-electron chi connectivity index (χ2n) is 6.01. The van der Waals surface area contributed by atoms with Crippen molar-refractivity contribution in [2.75, 3.05) is 6.54 Å². The number of rotatable bonds is 3. The maximum absolute atomic E-state index is 12.5. The number of carbonyl (C=O) groups is 1. The van der Waals surface area contributed by atoms with Gasteiger partial charge in [-0.3, -0.25) is 9.48 Å². The number of hydrogen-bond donors (Lipinski definition) is 1. The predicted octanol–water partition coefficient (Wildman–Crippen LogP) is 2.65. The third-order valence-electron chi connectivity index (χ3n) is 4.42. The number of hydrogen-bond acceptors (Lipinski definition) is 4. The molecule has 0 saturated heterocycles. The minimum Gasteiger partial charge on any atom is -0.351 e. The van der Waals surface area contributed by atoms with Gasteiger partial charge in [-0.05, 0) is 40.0 Å². The van der Waals surface area contributed by atoms with Gasteiger partial charge >= 0.3 is 0 Å². The van der Waals surface area contributed by atoms with Crippen molar-refractivity contribution in [2.45, 2.75) is 46.0 Å². The normalized spacial score (nSPS) is 17.4. The Morgan fingerprint density at radius 1 is 1.41 bits per heavy atom. The first kappa shape index (κ1) is 15.2. The molecular weight excluding hydrogens is 296 g/mol. The molecule has 0 radical (unpaired) electrons. The molecule has 2 heterocycles. The Morgan fingerprint density at radius 2 is 2.18 bits per heavy atom. The molecule has 1 amide bonds. The van der Waals surface area contributed by atoms with Crippen LogP contribution in [0.25, 0.3) is 0 Å². The van der Waals surface area contributed by atoms with E-state index in [2.05, 4.69) is 22.3 Å². The summed E-state index contributed by atoms with van der Waals surface area (Å²) >= 11 is 1.80. The van der Waals surface area contributed by atoms with Gasteiger partial charge in [-0.25, -0.2) is 4.98 Å². The number of nitrogens with one attached hydrogen (secondary N) is 1. The van der Waals surface area contributed by atoms with Crippen LogP contribution in [0.5, 0.6) is 0 Å². The number of carbonyl (C=O) groups excluding carboxylic acids is 1. The van der Waals surface area contributed by atoms with Crippen molar-refractivity contribution < 1.29 is 4.79 Å². The fourth-order valence-corrected chi connectivity index (χ4v) is 4.30.